The standard InChI is InChI=1S/C12H14FN3OS/c1-7-16-8(6-18-7)5-15-11-4-12(17-2)10(14)3-9(11)13/h3-4,6,15H,5,14H2,1-2H3. The van der Waals surface area contributed by atoms with E-state index >= 15 is 0 Å². The van der Waals surface area contributed by atoms with E-state index in [9.17, 15) is 4.39 Å². The smallest absolute Gasteiger partial charge is 0.148 e. The number of ether oxygens (including phenoxy) is 1. The van der Waals surface area contributed by atoms with Crippen LogP contribution in [-0.4, -0.2) is 12.1 Å². The lowest BCUT2D eigenvalue weighted by atomic mass is 10.2. The predicted molar refractivity (Wildman–Crippen MR) is 71.5 cm³/mol. The number of aromatic nitrogens is 1. The van der Waals surface area contributed by atoms with Gasteiger partial charge in [-0.1, -0.05) is 0 Å². The fourth-order valence-corrected chi connectivity index (χ4v) is 2.17. The molecule has 0 saturated heterocycles. The van der Waals surface area contributed by atoms with Crippen molar-refractivity contribution in [2.75, 3.05) is 18.2 Å². The van der Waals surface area contributed by atoms with E-state index in [2.05, 4.69) is 10.3 Å². The molecule has 1 aromatic heterocycles. The monoisotopic (exact) mass is 267 g/mol. The normalized spacial score (nSPS) is 10.4. The van der Waals surface area contributed by atoms with Crippen LogP contribution in [-0.2, 0) is 6.54 Å². The molecular weight excluding hydrogens is 253 g/mol. The number of nitrogens with two attached hydrogens (primary N) is 1. The maximum Gasteiger partial charge on any atom is 0.148 e. The maximum absolute atomic E-state index is 13.7. The molecule has 0 atom stereocenters. The average molecular weight is 267 g/mol. The van der Waals surface area contributed by atoms with Gasteiger partial charge in [0.05, 0.1) is 35.7 Å². The number of hydrogen-bond acceptors (Lipinski definition) is 5. The van der Waals surface area contributed by atoms with Gasteiger partial charge in [0.1, 0.15) is 11.6 Å². The minimum atomic E-state index is -0.403. The van der Waals surface area contributed by atoms with E-state index in [0.717, 1.165) is 10.7 Å². The van der Waals surface area contributed by atoms with Crippen LogP contribution in [0, 0.1) is 12.7 Å². The molecule has 1 aromatic carbocycles. The molecule has 6 heteroatoms. The van der Waals surface area contributed by atoms with Crippen LogP contribution < -0.4 is 15.8 Å². The number of nitrogens with zero attached hydrogens (tertiary/aromatic N) is 1. The summed E-state index contributed by atoms with van der Waals surface area (Å²) in [6, 6.07) is 2.79. The van der Waals surface area contributed by atoms with Crippen LogP contribution in [0.3, 0.4) is 0 Å². The number of benzene rings is 1. The zero-order valence-corrected chi connectivity index (χ0v) is 11.0. The van der Waals surface area contributed by atoms with Gasteiger partial charge in [-0.25, -0.2) is 9.37 Å². The van der Waals surface area contributed by atoms with E-state index in [1.807, 2.05) is 12.3 Å². The number of nitrogens with one attached hydrogen (secondary N) is 1. The molecule has 4 nitrogen and oxygen atoms in total. The van der Waals surface area contributed by atoms with Crippen molar-refractivity contribution in [3.63, 3.8) is 0 Å². The van der Waals surface area contributed by atoms with Crippen molar-refractivity contribution in [3.05, 3.63) is 34.0 Å². The summed E-state index contributed by atoms with van der Waals surface area (Å²) in [5.41, 5.74) is 7.13. The van der Waals surface area contributed by atoms with Crippen molar-refractivity contribution in [1.82, 2.24) is 4.98 Å². The van der Waals surface area contributed by atoms with Crippen molar-refractivity contribution < 1.29 is 9.13 Å². The maximum atomic E-state index is 13.7. The number of aryl methyl sites for hydroxylation is 1. The number of nitrogen functional groups attached to an aromatic ring is 1. The predicted octanol–water partition coefficient (Wildman–Crippen LogP) is 2.79. The minimum absolute atomic E-state index is 0.282. The number of halogens is 1. The summed E-state index contributed by atoms with van der Waals surface area (Å²) in [6.07, 6.45) is 0. The third-order valence-electron chi connectivity index (χ3n) is 2.45. The van der Waals surface area contributed by atoms with Crippen LogP contribution in [0.1, 0.15) is 10.7 Å². The fourth-order valence-electron chi connectivity index (χ4n) is 1.56. The van der Waals surface area contributed by atoms with Gasteiger partial charge in [-0.15, -0.1) is 11.3 Å². The van der Waals surface area contributed by atoms with Gasteiger partial charge >= 0.3 is 0 Å². The van der Waals surface area contributed by atoms with Crippen LogP contribution in [0.15, 0.2) is 17.5 Å². The highest BCUT2D eigenvalue weighted by Crippen LogP contribution is 2.28. The molecule has 1 heterocycles. The molecule has 0 bridgehead atoms. The Morgan fingerprint density at radius 1 is 1.50 bits per heavy atom. The highest BCUT2D eigenvalue weighted by atomic mass is 32.1. The van der Waals surface area contributed by atoms with Crippen molar-refractivity contribution in [3.8, 4) is 5.75 Å². The minimum Gasteiger partial charge on any atom is -0.495 e. The molecule has 0 amide bonds. The molecule has 2 aromatic rings. The summed E-state index contributed by atoms with van der Waals surface area (Å²) in [7, 11) is 1.50. The molecule has 3 N–H and O–H groups in total. The summed E-state index contributed by atoms with van der Waals surface area (Å²) >= 11 is 1.56. The van der Waals surface area contributed by atoms with Gasteiger partial charge in [0.15, 0.2) is 0 Å². The highest BCUT2D eigenvalue weighted by molar-refractivity contribution is 7.09. The molecule has 2 rings (SSSR count). The second-order valence-corrected chi connectivity index (χ2v) is 4.85. The van der Waals surface area contributed by atoms with E-state index in [1.54, 1.807) is 17.4 Å². The topological polar surface area (TPSA) is 60.2 Å². The van der Waals surface area contributed by atoms with Gasteiger partial charge in [-0.2, -0.15) is 0 Å². The Morgan fingerprint density at radius 3 is 2.89 bits per heavy atom. The zero-order chi connectivity index (χ0) is 13.1. The Hall–Kier alpha value is -1.82. The Morgan fingerprint density at radius 2 is 2.28 bits per heavy atom. The Kier molecular flexibility index (Phi) is 3.66. The second-order valence-electron chi connectivity index (χ2n) is 3.79. The summed E-state index contributed by atoms with van der Waals surface area (Å²) in [6.45, 7) is 2.40. The average Bonchev–Trinajstić information content (AvgIpc) is 2.74. The van der Waals surface area contributed by atoms with E-state index in [0.29, 0.717) is 18.0 Å². The summed E-state index contributed by atoms with van der Waals surface area (Å²) in [5.74, 6) is 0.0496. The van der Waals surface area contributed by atoms with Crippen molar-refractivity contribution in [2.45, 2.75) is 13.5 Å². The van der Waals surface area contributed by atoms with Crippen molar-refractivity contribution in [1.29, 1.82) is 0 Å². The van der Waals surface area contributed by atoms with Gasteiger partial charge in [-0.3, -0.25) is 0 Å². The van der Waals surface area contributed by atoms with Crippen LogP contribution in [0.5, 0.6) is 5.75 Å². The molecule has 0 unspecified atom stereocenters. The molecule has 0 fully saturated rings. The van der Waals surface area contributed by atoms with Crippen molar-refractivity contribution >= 4 is 22.7 Å². The number of methoxy groups -OCH3 is 1. The highest BCUT2D eigenvalue weighted by Gasteiger charge is 2.08. The lowest BCUT2D eigenvalue weighted by Gasteiger charge is -2.10. The molecule has 96 valence electrons. The van der Waals surface area contributed by atoms with Gasteiger partial charge in [0.2, 0.25) is 0 Å². The summed E-state index contributed by atoms with van der Waals surface area (Å²) < 4.78 is 18.7. The van der Waals surface area contributed by atoms with E-state index in [1.165, 1.54) is 13.2 Å². The lowest BCUT2D eigenvalue weighted by Crippen LogP contribution is -2.03. The number of anilines is 2. The van der Waals surface area contributed by atoms with Crippen LogP contribution in [0.25, 0.3) is 0 Å². The summed E-state index contributed by atoms with van der Waals surface area (Å²) in [4.78, 5) is 4.29. The van der Waals surface area contributed by atoms with Crippen LogP contribution in [0.2, 0.25) is 0 Å². The number of rotatable bonds is 4. The van der Waals surface area contributed by atoms with Gasteiger partial charge in [0, 0.05) is 17.5 Å². The van der Waals surface area contributed by atoms with Gasteiger partial charge in [0.25, 0.3) is 0 Å². The first kappa shape index (κ1) is 12.6. The zero-order valence-electron chi connectivity index (χ0n) is 10.2. The molecule has 0 radical (unpaired) electrons. The third kappa shape index (κ3) is 2.70. The fraction of sp³-hybridized carbons (Fsp3) is 0.250. The van der Waals surface area contributed by atoms with E-state index in [-0.39, 0.29) is 5.69 Å². The van der Waals surface area contributed by atoms with E-state index in [4.69, 9.17) is 10.5 Å². The first-order valence-electron chi connectivity index (χ1n) is 5.38. The largest absolute Gasteiger partial charge is 0.495 e. The van der Waals surface area contributed by atoms with Crippen LogP contribution in [0.4, 0.5) is 15.8 Å². The molecule has 0 saturated carbocycles. The lowest BCUT2D eigenvalue weighted by molar-refractivity contribution is 0.416. The first-order valence-corrected chi connectivity index (χ1v) is 6.26. The Balaban J connectivity index is 2.13. The SMILES string of the molecule is COc1cc(NCc2csc(C)n2)c(F)cc1N. The first-order chi connectivity index (χ1) is 8.60. The molecule has 0 aliphatic heterocycles. The molecule has 0 aliphatic carbocycles. The Labute approximate surface area is 109 Å². The molecule has 0 spiro atoms. The molecule has 0 aliphatic rings. The second kappa shape index (κ2) is 5.22. The van der Waals surface area contributed by atoms with E-state index < -0.39 is 5.82 Å². The summed E-state index contributed by atoms with van der Waals surface area (Å²) in [5, 5.41) is 5.91. The number of thiazole rings is 1. The quantitative estimate of drug-likeness (QED) is 0.836. The van der Waals surface area contributed by atoms with Crippen molar-refractivity contribution in [2.24, 2.45) is 0 Å². The molecular formula is C12H14FN3OS. The van der Waals surface area contributed by atoms with Gasteiger partial charge in [-0.05, 0) is 6.92 Å². The van der Waals surface area contributed by atoms with Gasteiger partial charge < -0.3 is 15.8 Å². The van der Waals surface area contributed by atoms with Crippen LogP contribution >= 0.6 is 11.3 Å². The number of hydrogen-bond donors (Lipinski definition) is 2. The Bertz CT molecular complexity index is 556. The molecule has 18 heavy (non-hydrogen) atoms. The third-order valence-corrected chi connectivity index (χ3v) is 3.27.